The number of nitrogens with one attached hydrogen (secondary N) is 1. The first kappa shape index (κ1) is 20.3. The zero-order valence-corrected chi connectivity index (χ0v) is 16.7. The Hall–Kier alpha value is -3.46. The lowest BCUT2D eigenvalue weighted by Gasteiger charge is -2.03. The van der Waals surface area contributed by atoms with Gasteiger partial charge < -0.3 is 9.15 Å². The second kappa shape index (κ2) is 9.65. The summed E-state index contributed by atoms with van der Waals surface area (Å²) in [5.41, 5.74) is 3.01. The number of hydrogen-bond acceptors (Lipinski definition) is 6. The van der Waals surface area contributed by atoms with Crippen molar-refractivity contribution in [2.75, 3.05) is 0 Å². The van der Waals surface area contributed by atoms with Gasteiger partial charge in [0.1, 0.15) is 23.9 Å². The van der Waals surface area contributed by atoms with Crippen LogP contribution in [0.3, 0.4) is 0 Å². The summed E-state index contributed by atoms with van der Waals surface area (Å²) in [6, 6.07) is 16.7. The Bertz CT molecular complexity index is 1010. The molecular weight excluding hydrogens is 442 g/mol. The highest BCUT2D eigenvalue weighted by atomic mass is 79.9. The number of furan rings is 1. The molecule has 3 aromatic rings. The molecule has 0 aliphatic heterocycles. The zero-order valence-electron chi connectivity index (χ0n) is 15.1. The van der Waals surface area contributed by atoms with E-state index in [-0.39, 0.29) is 24.6 Å². The predicted octanol–water partition coefficient (Wildman–Crippen LogP) is 4.22. The van der Waals surface area contributed by atoms with E-state index in [9.17, 15) is 14.9 Å². The molecule has 29 heavy (non-hydrogen) atoms. The van der Waals surface area contributed by atoms with Crippen molar-refractivity contribution in [1.29, 1.82) is 0 Å². The number of non-ortho nitro benzene ring substituents is 1. The summed E-state index contributed by atoms with van der Waals surface area (Å²) >= 11 is 3.36. The van der Waals surface area contributed by atoms with E-state index in [0.717, 1.165) is 10.2 Å². The standard InChI is InChI=1S/C20H16BrN3O5/c21-15-3-7-17(8-4-15)28-13-19-10-9-18(29-19)12-22-23-20(25)11-14-1-5-16(6-2-14)24(26)27/h1-10,12H,11,13H2,(H,23,25). The molecule has 2 aromatic carbocycles. The van der Waals surface area contributed by atoms with Crippen LogP contribution in [-0.4, -0.2) is 17.0 Å². The number of rotatable bonds is 8. The highest BCUT2D eigenvalue weighted by Gasteiger charge is 2.07. The van der Waals surface area contributed by atoms with E-state index in [0.29, 0.717) is 17.1 Å². The molecule has 0 atom stereocenters. The summed E-state index contributed by atoms with van der Waals surface area (Å²) < 4.78 is 12.2. The second-order valence-electron chi connectivity index (χ2n) is 5.94. The number of carbonyl (C=O) groups is 1. The number of benzene rings is 2. The van der Waals surface area contributed by atoms with Gasteiger partial charge in [-0.2, -0.15) is 5.10 Å². The van der Waals surface area contributed by atoms with Gasteiger partial charge in [-0.05, 0) is 42.0 Å². The average Bonchev–Trinajstić information content (AvgIpc) is 3.16. The minimum Gasteiger partial charge on any atom is -0.486 e. The van der Waals surface area contributed by atoms with Gasteiger partial charge in [-0.3, -0.25) is 14.9 Å². The highest BCUT2D eigenvalue weighted by molar-refractivity contribution is 9.10. The van der Waals surface area contributed by atoms with E-state index in [1.165, 1.54) is 30.5 Å². The molecule has 0 radical (unpaired) electrons. The SMILES string of the molecule is O=C(Cc1ccc([N+](=O)[O-])cc1)NN=Cc1ccc(COc2ccc(Br)cc2)o1. The van der Waals surface area contributed by atoms with Crippen molar-refractivity contribution in [2.24, 2.45) is 5.10 Å². The average molecular weight is 458 g/mol. The molecule has 3 rings (SSSR count). The summed E-state index contributed by atoms with van der Waals surface area (Å²) in [4.78, 5) is 22.0. The number of nitro benzene ring substituents is 1. The van der Waals surface area contributed by atoms with E-state index in [4.69, 9.17) is 9.15 Å². The fraction of sp³-hybridized carbons (Fsp3) is 0.100. The van der Waals surface area contributed by atoms with Gasteiger partial charge in [0.05, 0.1) is 17.6 Å². The number of amides is 1. The molecule has 0 aliphatic carbocycles. The lowest BCUT2D eigenvalue weighted by Crippen LogP contribution is -2.19. The Morgan fingerprint density at radius 2 is 1.86 bits per heavy atom. The molecular formula is C20H16BrN3O5. The minimum atomic E-state index is -0.490. The molecule has 0 fully saturated rings. The number of carbonyl (C=O) groups excluding carboxylic acids is 1. The van der Waals surface area contributed by atoms with Crippen LogP contribution in [0.2, 0.25) is 0 Å². The topological polar surface area (TPSA) is 107 Å². The first-order valence-electron chi connectivity index (χ1n) is 8.52. The highest BCUT2D eigenvalue weighted by Crippen LogP contribution is 2.18. The van der Waals surface area contributed by atoms with Gasteiger partial charge >= 0.3 is 0 Å². The molecule has 148 valence electrons. The molecule has 0 saturated carbocycles. The van der Waals surface area contributed by atoms with Gasteiger partial charge in [-0.15, -0.1) is 0 Å². The van der Waals surface area contributed by atoms with Crippen LogP contribution in [0, 0.1) is 10.1 Å². The van der Waals surface area contributed by atoms with E-state index >= 15 is 0 Å². The van der Waals surface area contributed by atoms with Gasteiger partial charge in [0.15, 0.2) is 0 Å². The van der Waals surface area contributed by atoms with Gasteiger partial charge in [-0.25, -0.2) is 5.43 Å². The van der Waals surface area contributed by atoms with Crippen molar-refractivity contribution >= 4 is 33.7 Å². The molecule has 0 aliphatic rings. The Balaban J connectivity index is 1.45. The molecule has 8 nitrogen and oxygen atoms in total. The Morgan fingerprint density at radius 3 is 2.55 bits per heavy atom. The summed E-state index contributed by atoms with van der Waals surface area (Å²) in [6.07, 6.45) is 1.44. The van der Waals surface area contributed by atoms with Crippen molar-refractivity contribution in [3.63, 3.8) is 0 Å². The third-order valence-corrected chi connectivity index (χ3v) is 4.30. The normalized spacial score (nSPS) is 10.8. The quantitative estimate of drug-likeness (QED) is 0.309. The summed E-state index contributed by atoms with van der Waals surface area (Å²) in [6.45, 7) is 0.266. The number of hydrazone groups is 1. The van der Waals surface area contributed by atoms with Crippen molar-refractivity contribution in [3.05, 3.63) is 92.3 Å². The van der Waals surface area contributed by atoms with E-state index < -0.39 is 4.92 Å². The molecule has 1 N–H and O–H groups in total. The smallest absolute Gasteiger partial charge is 0.269 e. The van der Waals surface area contributed by atoms with Crippen LogP contribution in [0.15, 0.2) is 74.7 Å². The maximum atomic E-state index is 11.9. The van der Waals surface area contributed by atoms with Gasteiger partial charge in [0.25, 0.3) is 5.69 Å². The van der Waals surface area contributed by atoms with Crippen molar-refractivity contribution in [2.45, 2.75) is 13.0 Å². The largest absolute Gasteiger partial charge is 0.486 e. The monoisotopic (exact) mass is 457 g/mol. The molecule has 0 bridgehead atoms. The van der Waals surface area contributed by atoms with Crippen LogP contribution < -0.4 is 10.2 Å². The van der Waals surface area contributed by atoms with Crippen molar-refractivity contribution in [3.8, 4) is 5.75 Å². The van der Waals surface area contributed by atoms with E-state index in [2.05, 4.69) is 26.5 Å². The van der Waals surface area contributed by atoms with Crippen molar-refractivity contribution in [1.82, 2.24) is 5.43 Å². The van der Waals surface area contributed by atoms with Crippen LogP contribution in [-0.2, 0) is 17.8 Å². The number of halogens is 1. The van der Waals surface area contributed by atoms with Gasteiger partial charge in [-0.1, -0.05) is 28.1 Å². The lowest BCUT2D eigenvalue weighted by molar-refractivity contribution is -0.384. The Morgan fingerprint density at radius 1 is 1.14 bits per heavy atom. The van der Waals surface area contributed by atoms with Crippen LogP contribution in [0.1, 0.15) is 17.1 Å². The maximum Gasteiger partial charge on any atom is 0.269 e. The fourth-order valence-electron chi connectivity index (χ4n) is 2.36. The number of hydrogen-bond donors (Lipinski definition) is 1. The predicted molar refractivity (Wildman–Crippen MR) is 110 cm³/mol. The van der Waals surface area contributed by atoms with Crippen LogP contribution in [0.5, 0.6) is 5.75 Å². The van der Waals surface area contributed by atoms with Crippen LogP contribution in [0.25, 0.3) is 0 Å². The molecule has 1 heterocycles. The van der Waals surface area contributed by atoms with Gasteiger partial charge in [0.2, 0.25) is 5.91 Å². The van der Waals surface area contributed by atoms with Crippen molar-refractivity contribution < 1.29 is 18.9 Å². The third kappa shape index (κ3) is 6.28. The molecule has 9 heteroatoms. The number of nitrogens with zero attached hydrogens (tertiary/aromatic N) is 2. The van der Waals surface area contributed by atoms with E-state index in [1.807, 2.05) is 24.3 Å². The zero-order chi connectivity index (χ0) is 20.6. The maximum absolute atomic E-state index is 11.9. The Labute approximate surface area is 174 Å². The third-order valence-electron chi connectivity index (χ3n) is 3.77. The molecule has 1 amide bonds. The second-order valence-corrected chi connectivity index (χ2v) is 6.86. The summed E-state index contributed by atoms with van der Waals surface area (Å²) in [5, 5.41) is 14.5. The molecule has 1 aromatic heterocycles. The summed E-state index contributed by atoms with van der Waals surface area (Å²) in [5.74, 6) is 1.46. The lowest BCUT2D eigenvalue weighted by atomic mass is 10.1. The Kier molecular flexibility index (Phi) is 6.75. The first-order chi connectivity index (χ1) is 14.0. The number of ether oxygens (including phenoxy) is 1. The first-order valence-corrected chi connectivity index (χ1v) is 9.31. The van der Waals surface area contributed by atoms with Gasteiger partial charge in [0, 0.05) is 16.6 Å². The molecule has 0 saturated heterocycles. The van der Waals surface area contributed by atoms with E-state index in [1.54, 1.807) is 12.1 Å². The van der Waals surface area contributed by atoms with Crippen LogP contribution >= 0.6 is 15.9 Å². The minimum absolute atomic E-state index is 0.0232. The summed E-state index contributed by atoms with van der Waals surface area (Å²) in [7, 11) is 0. The number of nitro groups is 1. The molecule has 0 spiro atoms. The van der Waals surface area contributed by atoms with Crippen LogP contribution in [0.4, 0.5) is 5.69 Å². The fourth-order valence-corrected chi connectivity index (χ4v) is 2.62. The molecule has 0 unspecified atom stereocenters.